The van der Waals surface area contributed by atoms with Crippen LogP contribution < -0.4 is 10.5 Å². The molecule has 1 saturated heterocycles. The Morgan fingerprint density at radius 2 is 1.53 bits per heavy atom. The van der Waals surface area contributed by atoms with Gasteiger partial charge in [0.05, 0.1) is 18.1 Å². The number of likely N-dealkylation sites (tertiary alicyclic amines) is 1. The highest BCUT2D eigenvalue weighted by Crippen LogP contribution is 2.36. The van der Waals surface area contributed by atoms with Crippen LogP contribution in [-0.2, 0) is 13.1 Å². The first-order valence-corrected chi connectivity index (χ1v) is 11.2. The summed E-state index contributed by atoms with van der Waals surface area (Å²) in [5.74, 6) is 1.03. The Labute approximate surface area is 180 Å². The minimum Gasteiger partial charge on any atom is -0.330 e. The quantitative estimate of drug-likeness (QED) is 0.492. The minimum absolute atomic E-state index is 0.153. The first-order chi connectivity index (χ1) is 14.7. The largest absolute Gasteiger partial charge is 0.330 e. The molecule has 1 unspecified atom stereocenters. The molecule has 6 rings (SSSR count). The highest BCUT2D eigenvalue weighted by Gasteiger charge is 2.37. The van der Waals surface area contributed by atoms with Gasteiger partial charge in [-0.15, -0.1) is 0 Å². The Balaban J connectivity index is 1.43. The maximum atomic E-state index is 12.3. The van der Waals surface area contributed by atoms with Crippen LogP contribution in [0.15, 0.2) is 71.5 Å². The van der Waals surface area contributed by atoms with Gasteiger partial charge < -0.3 is 9.47 Å². The van der Waals surface area contributed by atoms with Crippen LogP contribution in [0.5, 0.6) is 0 Å². The van der Waals surface area contributed by atoms with Gasteiger partial charge in [0.1, 0.15) is 6.54 Å². The van der Waals surface area contributed by atoms with Gasteiger partial charge in [-0.2, -0.15) is 0 Å². The van der Waals surface area contributed by atoms with Crippen LogP contribution in [0.4, 0.5) is 0 Å². The first-order valence-electron chi connectivity index (χ1n) is 10.8. The van der Waals surface area contributed by atoms with Crippen molar-refractivity contribution in [2.75, 3.05) is 13.1 Å². The molecule has 4 heteroatoms. The molecule has 0 saturated carbocycles. The van der Waals surface area contributed by atoms with E-state index in [1.165, 1.54) is 28.5 Å². The number of pyridine rings is 1. The fourth-order valence-electron chi connectivity index (χ4n) is 5.87. The number of rotatable bonds is 2. The van der Waals surface area contributed by atoms with Gasteiger partial charge in [-0.05, 0) is 23.3 Å². The van der Waals surface area contributed by atoms with E-state index < -0.39 is 0 Å². The Morgan fingerprint density at radius 1 is 0.867 bits per heavy atom. The van der Waals surface area contributed by atoms with Crippen molar-refractivity contribution in [2.24, 2.45) is 5.92 Å². The lowest BCUT2D eigenvalue weighted by atomic mass is 9.82. The van der Waals surface area contributed by atoms with E-state index in [0.717, 1.165) is 42.0 Å². The summed E-state index contributed by atoms with van der Waals surface area (Å²) in [7, 11) is 0. The van der Waals surface area contributed by atoms with Crippen molar-refractivity contribution in [3.63, 3.8) is 0 Å². The molecule has 30 heavy (non-hydrogen) atoms. The number of hydrogen-bond acceptors (Lipinski definition) is 1. The molecule has 3 aromatic carbocycles. The summed E-state index contributed by atoms with van der Waals surface area (Å²) in [6.45, 7) is 4.03. The number of quaternary nitrogens is 1. The monoisotopic (exact) mass is 415 g/mol. The summed E-state index contributed by atoms with van der Waals surface area (Å²) < 4.78 is 2.02. The molecule has 4 aromatic rings. The van der Waals surface area contributed by atoms with Crippen molar-refractivity contribution >= 4 is 33.1 Å². The standard InChI is InChI=1S/C26H23ClN2O/c27-26-21-8-3-1-6-19(21)23(20-7-2-4-9-22(20)26)16-28-13-17-12-18(15-28)24-10-5-11-25(30)29(24)14-17/h1-11,17-18H,12-16H2/p+1/t17-,18+/m1/s1. The zero-order valence-electron chi connectivity index (χ0n) is 16.8. The van der Waals surface area contributed by atoms with Crippen LogP contribution in [0.2, 0.25) is 5.02 Å². The number of fused-ring (bicyclic) bond motifs is 6. The molecule has 1 fully saturated rings. The first kappa shape index (κ1) is 18.2. The van der Waals surface area contributed by atoms with Crippen LogP contribution in [0.3, 0.4) is 0 Å². The lowest BCUT2D eigenvalue weighted by Crippen LogP contribution is -3.13. The van der Waals surface area contributed by atoms with E-state index in [2.05, 4.69) is 54.6 Å². The SMILES string of the molecule is O=c1cccc2n1C[C@@H]1C[C@H]2C[NH+](Cc2c3ccccc3c(Cl)c3ccccc23)C1. The number of nitrogens with one attached hydrogen (secondary N) is 1. The highest BCUT2D eigenvalue weighted by molar-refractivity contribution is 6.41. The molecule has 3 heterocycles. The third-order valence-electron chi connectivity index (χ3n) is 7.08. The summed E-state index contributed by atoms with van der Waals surface area (Å²) >= 11 is 6.80. The van der Waals surface area contributed by atoms with E-state index in [9.17, 15) is 4.79 Å². The van der Waals surface area contributed by atoms with E-state index >= 15 is 0 Å². The summed E-state index contributed by atoms with van der Waals surface area (Å²) in [6, 6.07) is 22.8. The van der Waals surface area contributed by atoms with E-state index in [0.29, 0.717) is 11.8 Å². The highest BCUT2D eigenvalue weighted by atomic mass is 35.5. The van der Waals surface area contributed by atoms with Crippen molar-refractivity contribution in [1.82, 2.24) is 4.57 Å². The number of benzene rings is 3. The van der Waals surface area contributed by atoms with Gasteiger partial charge in [-0.25, -0.2) is 0 Å². The second-order valence-corrected chi connectivity index (χ2v) is 9.29. The molecule has 0 radical (unpaired) electrons. The molecule has 2 bridgehead atoms. The average Bonchev–Trinajstić information content (AvgIpc) is 2.77. The summed E-state index contributed by atoms with van der Waals surface area (Å²) in [4.78, 5) is 13.9. The normalized spacial score (nSPS) is 22.9. The molecular formula is C26H24ClN2O+. The molecule has 2 aliphatic heterocycles. The second kappa shape index (κ2) is 6.97. The van der Waals surface area contributed by atoms with Gasteiger partial charge in [0.2, 0.25) is 0 Å². The third kappa shape index (κ3) is 2.80. The minimum atomic E-state index is 0.153. The molecular weight excluding hydrogens is 392 g/mol. The van der Waals surface area contributed by atoms with Gasteiger partial charge in [-0.3, -0.25) is 4.79 Å². The molecule has 0 aliphatic carbocycles. The predicted molar refractivity (Wildman–Crippen MR) is 122 cm³/mol. The van der Waals surface area contributed by atoms with Crippen molar-refractivity contribution in [1.29, 1.82) is 0 Å². The van der Waals surface area contributed by atoms with E-state index in [4.69, 9.17) is 11.6 Å². The Bertz CT molecular complexity index is 1290. The molecule has 0 amide bonds. The van der Waals surface area contributed by atoms with Gasteiger partial charge in [-0.1, -0.05) is 66.2 Å². The maximum Gasteiger partial charge on any atom is 0.250 e. The predicted octanol–water partition coefficient (Wildman–Crippen LogP) is 4.01. The maximum absolute atomic E-state index is 12.3. The van der Waals surface area contributed by atoms with Gasteiger partial charge in [0.25, 0.3) is 5.56 Å². The smallest absolute Gasteiger partial charge is 0.250 e. The second-order valence-electron chi connectivity index (χ2n) is 8.92. The molecule has 3 nitrogen and oxygen atoms in total. The summed E-state index contributed by atoms with van der Waals surface area (Å²) in [6.07, 6.45) is 1.20. The Kier molecular flexibility index (Phi) is 4.22. The number of piperidine rings is 1. The fraction of sp³-hybridized carbons (Fsp3) is 0.269. The lowest BCUT2D eigenvalue weighted by Gasteiger charge is -2.40. The lowest BCUT2D eigenvalue weighted by molar-refractivity contribution is -0.924. The molecule has 3 atom stereocenters. The average molecular weight is 416 g/mol. The topological polar surface area (TPSA) is 26.4 Å². The van der Waals surface area contributed by atoms with Gasteiger partial charge in [0.15, 0.2) is 0 Å². The number of hydrogen-bond donors (Lipinski definition) is 1. The molecule has 150 valence electrons. The van der Waals surface area contributed by atoms with Crippen molar-refractivity contribution in [3.8, 4) is 0 Å². The fourth-order valence-corrected chi connectivity index (χ4v) is 6.20. The molecule has 2 aliphatic rings. The van der Waals surface area contributed by atoms with E-state index in [1.54, 1.807) is 11.0 Å². The third-order valence-corrected chi connectivity index (χ3v) is 7.48. The van der Waals surface area contributed by atoms with E-state index in [1.807, 2.05) is 10.6 Å². The zero-order valence-corrected chi connectivity index (χ0v) is 17.5. The number of aromatic nitrogens is 1. The van der Waals surface area contributed by atoms with Crippen molar-refractivity contribution < 1.29 is 4.90 Å². The molecule has 0 spiro atoms. The number of nitrogens with zero attached hydrogens (tertiary/aromatic N) is 1. The summed E-state index contributed by atoms with van der Waals surface area (Å²) in [5.41, 5.74) is 2.77. The van der Waals surface area contributed by atoms with Crippen LogP contribution in [0, 0.1) is 5.92 Å². The van der Waals surface area contributed by atoms with Crippen molar-refractivity contribution in [3.05, 3.63) is 93.4 Å². The van der Waals surface area contributed by atoms with Crippen LogP contribution in [0.1, 0.15) is 23.6 Å². The Hall–Kier alpha value is -2.62. The molecule has 1 aromatic heterocycles. The zero-order chi connectivity index (χ0) is 20.2. The van der Waals surface area contributed by atoms with Crippen LogP contribution in [0.25, 0.3) is 21.5 Å². The van der Waals surface area contributed by atoms with Gasteiger partial charge in [0, 0.05) is 46.5 Å². The molecule has 1 N–H and O–H groups in total. The van der Waals surface area contributed by atoms with Crippen LogP contribution in [-0.4, -0.2) is 17.7 Å². The van der Waals surface area contributed by atoms with Gasteiger partial charge >= 0.3 is 0 Å². The van der Waals surface area contributed by atoms with E-state index in [-0.39, 0.29) is 5.56 Å². The Morgan fingerprint density at radius 3 is 2.23 bits per heavy atom. The number of halogens is 1. The summed E-state index contributed by atoms with van der Waals surface area (Å²) in [5, 5.41) is 5.66. The van der Waals surface area contributed by atoms with Crippen molar-refractivity contribution in [2.45, 2.75) is 25.4 Å². The van der Waals surface area contributed by atoms with Crippen LogP contribution >= 0.6 is 11.6 Å².